The number of fused-ring (bicyclic) bond motifs is 1. The molecule has 1 aliphatic rings. The molecule has 0 amide bonds. The monoisotopic (exact) mass is 358 g/mol. The molecule has 0 radical (unpaired) electrons. The molecule has 27 heavy (non-hydrogen) atoms. The fourth-order valence-electron chi connectivity index (χ4n) is 3.49. The summed E-state index contributed by atoms with van der Waals surface area (Å²) in [5.41, 5.74) is 1.89. The molecule has 0 saturated heterocycles. The highest BCUT2D eigenvalue weighted by Gasteiger charge is 2.20. The number of carbonyl (C=O) groups is 1. The standard InChI is InChI=1S/C23H22N2O2/c1-27-23-20-10-6-5-9-19(20)11-12-21(23)22(26)16-25-14-13-24(17-25)15-18-7-3-2-4-8-18/h2-14H,15-17H2,1H3. The van der Waals surface area contributed by atoms with Gasteiger partial charge in [0, 0.05) is 24.3 Å². The molecule has 0 bridgehead atoms. The fraction of sp³-hybridized carbons (Fsp3) is 0.174. The first-order valence-corrected chi connectivity index (χ1v) is 9.04. The van der Waals surface area contributed by atoms with Gasteiger partial charge in [-0.1, -0.05) is 60.7 Å². The molecule has 136 valence electrons. The van der Waals surface area contributed by atoms with Crippen LogP contribution in [0.3, 0.4) is 0 Å². The van der Waals surface area contributed by atoms with Crippen LogP contribution in [0.4, 0.5) is 0 Å². The minimum atomic E-state index is 0.0591. The maximum Gasteiger partial charge on any atom is 0.185 e. The summed E-state index contributed by atoms with van der Waals surface area (Å²) < 4.78 is 5.58. The summed E-state index contributed by atoms with van der Waals surface area (Å²) in [7, 11) is 1.62. The first-order chi connectivity index (χ1) is 13.2. The number of hydrogen-bond acceptors (Lipinski definition) is 4. The Hall–Kier alpha value is -3.27. The van der Waals surface area contributed by atoms with E-state index in [0.717, 1.165) is 17.3 Å². The first kappa shape index (κ1) is 17.2. The normalized spacial score (nSPS) is 13.4. The molecular formula is C23H22N2O2. The van der Waals surface area contributed by atoms with E-state index in [1.54, 1.807) is 7.11 Å². The van der Waals surface area contributed by atoms with Crippen LogP contribution < -0.4 is 4.74 Å². The van der Waals surface area contributed by atoms with E-state index in [2.05, 4.69) is 17.0 Å². The lowest BCUT2D eigenvalue weighted by Gasteiger charge is -2.21. The minimum Gasteiger partial charge on any atom is -0.495 e. The SMILES string of the molecule is COc1c(C(=O)CN2C=CN(Cc3ccccc3)C2)ccc2ccccc12. The highest BCUT2D eigenvalue weighted by atomic mass is 16.5. The maximum atomic E-state index is 12.9. The van der Waals surface area contributed by atoms with Crippen LogP contribution in [0.25, 0.3) is 10.8 Å². The van der Waals surface area contributed by atoms with Crippen LogP contribution in [-0.2, 0) is 6.54 Å². The van der Waals surface area contributed by atoms with E-state index in [1.807, 2.05) is 71.9 Å². The van der Waals surface area contributed by atoms with Crippen molar-refractivity contribution in [3.8, 4) is 5.75 Å². The third kappa shape index (κ3) is 3.65. The van der Waals surface area contributed by atoms with Gasteiger partial charge in [-0.3, -0.25) is 4.79 Å². The Morgan fingerprint density at radius 1 is 0.926 bits per heavy atom. The van der Waals surface area contributed by atoms with Gasteiger partial charge in [0.2, 0.25) is 0 Å². The summed E-state index contributed by atoms with van der Waals surface area (Å²) >= 11 is 0. The number of benzene rings is 3. The average molecular weight is 358 g/mol. The topological polar surface area (TPSA) is 32.8 Å². The van der Waals surface area contributed by atoms with Crippen molar-refractivity contribution < 1.29 is 9.53 Å². The summed E-state index contributed by atoms with van der Waals surface area (Å²) in [6.45, 7) is 1.87. The van der Waals surface area contributed by atoms with E-state index >= 15 is 0 Å². The van der Waals surface area contributed by atoms with Gasteiger partial charge in [0.15, 0.2) is 5.78 Å². The molecule has 3 aromatic carbocycles. The molecule has 0 fully saturated rings. The van der Waals surface area contributed by atoms with Crippen molar-refractivity contribution in [3.63, 3.8) is 0 Å². The number of methoxy groups -OCH3 is 1. The number of ether oxygens (including phenoxy) is 1. The quantitative estimate of drug-likeness (QED) is 0.616. The molecule has 0 aliphatic carbocycles. The lowest BCUT2D eigenvalue weighted by atomic mass is 10.0. The predicted molar refractivity (Wildman–Crippen MR) is 108 cm³/mol. The van der Waals surface area contributed by atoms with Gasteiger partial charge in [-0.25, -0.2) is 0 Å². The van der Waals surface area contributed by atoms with Gasteiger partial charge in [-0.2, -0.15) is 0 Å². The largest absolute Gasteiger partial charge is 0.495 e. The van der Waals surface area contributed by atoms with Crippen LogP contribution in [0, 0.1) is 0 Å². The Kier molecular flexibility index (Phi) is 4.79. The van der Waals surface area contributed by atoms with Crippen LogP contribution in [0.5, 0.6) is 5.75 Å². The molecule has 3 aromatic rings. The van der Waals surface area contributed by atoms with Crippen molar-refractivity contribution in [2.24, 2.45) is 0 Å². The maximum absolute atomic E-state index is 12.9. The van der Waals surface area contributed by atoms with Gasteiger partial charge >= 0.3 is 0 Å². The molecule has 4 rings (SSSR count). The van der Waals surface area contributed by atoms with E-state index in [1.165, 1.54) is 5.56 Å². The van der Waals surface area contributed by atoms with E-state index in [4.69, 9.17) is 4.74 Å². The number of nitrogens with zero attached hydrogens (tertiary/aromatic N) is 2. The summed E-state index contributed by atoms with van der Waals surface area (Å²) in [5, 5.41) is 2.04. The van der Waals surface area contributed by atoms with Gasteiger partial charge < -0.3 is 14.5 Å². The van der Waals surface area contributed by atoms with Crippen LogP contribution >= 0.6 is 0 Å². The van der Waals surface area contributed by atoms with Crippen molar-refractivity contribution >= 4 is 16.6 Å². The molecule has 0 saturated carbocycles. The van der Waals surface area contributed by atoms with Crippen LogP contribution in [0.1, 0.15) is 15.9 Å². The highest BCUT2D eigenvalue weighted by molar-refractivity contribution is 6.05. The van der Waals surface area contributed by atoms with Crippen molar-refractivity contribution in [2.45, 2.75) is 6.54 Å². The van der Waals surface area contributed by atoms with Crippen molar-refractivity contribution in [1.29, 1.82) is 0 Å². The zero-order valence-corrected chi connectivity index (χ0v) is 15.3. The Morgan fingerprint density at radius 3 is 2.48 bits per heavy atom. The van der Waals surface area contributed by atoms with Crippen molar-refractivity contribution in [2.75, 3.05) is 20.3 Å². The van der Waals surface area contributed by atoms with Crippen molar-refractivity contribution in [3.05, 3.63) is 90.3 Å². The summed E-state index contributed by atoms with van der Waals surface area (Å²) in [6.07, 6.45) is 4.02. The van der Waals surface area contributed by atoms with Crippen LogP contribution in [-0.4, -0.2) is 35.9 Å². The molecule has 0 aromatic heterocycles. The van der Waals surface area contributed by atoms with Gasteiger partial charge in [0.1, 0.15) is 5.75 Å². The van der Waals surface area contributed by atoms with Gasteiger partial charge in [-0.05, 0) is 17.0 Å². The molecule has 0 unspecified atom stereocenters. The van der Waals surface area contributed by atoms with Gasteiger partial charge in [-0.15, -0.1) is 0 Å². The molecule has 4 nitrogen and oxygen atoms in total. The number of Topliss-reactive ketones (excluding diaryl/α,β-unsaturated/α-hetero) is 1. The number of rotatable bonds is 6. The molecule has 0 spiro atoms. The molecule has 0 N–H and O–H groups in total. The zero-order chi connectivity index (χ0) is 18.6. The predicted octanol–water partition coefficient (Wildman–Crippen LogP) is 4.28. The number of ketones is 1. The highest BCUT2D eigenvalue weighted by Crippen LogP contribution is 2.30. The van der Waals surface area contributed by atoms with Crippen LogP contribution in [0.2, 0.25) is 0 Å². The molecule has 1 aliphatic heterocycles. The molecular weight excluding hydrogens is 336 g/mol. The number of carbonyl (C=O) groups excluding carboxylic acids is 1. The van der Waals surface area contributed by atoms with Crippen LogP contribution in [0.15, 0.2) is 79.1 Å². The molecule has 1 heterocycles. The fourth-order valence-corrected chi connectivity index (χ4v) is 3.49. The lowest BCUT2D eigenvalue weighted by molar-refractivity contribution is 0.0942. The second kappa shape index (κ2) is 7.54. The summed E-state index contributed by atoms with van der Waals surface area (Å²) in [4.78, 5) is 17.1. The second-order valence-corrected chi connectivity index (χ2v) is 6.71. The third-order valence-electron chi connectivity index (χ3n) is 4.81. The van der Waals surface area contributed by atoms with Crippen molar-refractivity contribution in [1.82, 2.24) is 9.80 Å². The van der Waals surface area contributed by atoms with E-state index in [-0.39, 0.29) is 5.78 Å². The van der Waals surface area contributed by atoms with E-state index in [9.17, 15) is 4.79 Å². The summed E-state index contributed by atoms with van der Waals surface area (Å²) in [6, 6.07) is 22.1. The smallest absolute Gasteiger partial charge is 0.185 e. The van der Waals surface area contributed by atoms with Gasteiger partial charge in [0.05, 0.1) is 25.9 Å². The lowest BCUT2D eigenvalue weighted by Crippen LogP contribution is -2.29. The van der Waals surface area contributed by atoms with Gasteiger partial charge in [0.25, 0.3) is 0 Å². The Morgan fingerprint density at radius 2 is 1.67 bits per heavy atom. The Bertz CT molecular complexity index is 982. The van der Waals surface area contributed by atoms with E-state index < -0.39 is 0 Å². The number of hydrogen-bond donors (Lipinski definition) is 0. The Labute approximate surface area is 159 Å². The Balaban J connectivity index is 1.46. The second-order valence-electron chi connectivity index (χ2n) is 6.71. The molecule has 4 heteroatoms. The zero-order valence-electron chi connectivity index (χ0n) is 15.3. The molecule has 0 atom stereocenters. The summed E-state index contributed by atoms with van der Waals surface area (Å²) in [5.74, 6) is 0.714. The van der Waals surface area contributed by atoms with E-state index in [0.29, 0.717) is 24.5 Å². The third-order valence-corrected chi connectivity index (χ3v) is 4.81. The first-order valence-electron chi connectivity index (χ1n) is 9.04. The minimum absolute atomic E-state index is 0.0591. The average Bonchev–Trinajstić information content (AvgIpc) is 3.14.